The zero-order valence-electron chi connectivity index (χ0n) is 13.3. The van der Waals surface area contributed by atoms with Crippen molar-refractivity contribution in [1.82, 2.24) is 19.6 Å². The van der Waals surface area contributed by atoms with Crippen LogP contribution in [0, 0.1) is 13.8 Å². The van der Waals surface area contributed by atoms with Crippen molar-refractivity contribution in [1.29, 1.82) is 0 Å². The number of aryl methyl sites for hydroxylation is 3. The number of hydrogen-bond acceptors (Lipinski definition) is 3. The number of rotatable bonds is 3. The second-order valence-corrected chi connectivity index (χ2v) is 6.15. The number of nitrogens with one attached hydrogen (secondary N) is 1. The Morgan fingerprint density at radius 3 is 2.64 bits per heavy atom. The molecule has 1 N–H and O–H groups in total. The van der Waals surface area contributed by atoms with Gasteiger partial charge in [0.25, 0.3) is 0 Å². The summed E-state index contributed by atoms with van der Waals surface area (Å²) in [6.45, 7) is 6.92. The van der Waals surface area contributed by atoms with E-state index in [1.807, 2.05) is 25.6 Å². The van der Waals surface area contributed by atoms with Gasteiger partial charge < -0.3 is 5.32 Å². The average Bonchev–Trinajstić information content (AvgIpc) is 2.88. The summed E-state index contributed by atoms with van der Waals surface area (Å²) in [5.41, 5.74) is 3.94. The summed E-state index contributed by atoms with van der Waals surface area (Å²) in [6.07, 6.45) is 1.37. The molecule has 1 aliphatic rings. The number of fused-ring (bicyclic) bond motifs is 1. The monoisotopic (exact) mass is 321 g/mol. The Kier molecular flexibility index (Phi) is 3.72. The van der Waals surface area contributed by atoms with E-state index in [1.54, 1.807) is 4.68 Å². The molecule has 0 spiro atoms. The van der Waals surface area contributed by atoms with Gasteiger partial charge in [-0.25, -0.2) is 0 Å². The topological polar surface area (TPSA) is 64.7 Å². The maximum atomic E-state index is 12.1. The molecule has 0 radical (unpaired) electrons. The number of nitrogens with zero attached hydrogens (tertiary/aromatic N) is 4. The molecule has 3 heterocycles. The highest BCUT2D eigenvalue weighted by Crippen LogP contribution is 2.42. The predicted octanol–water partition coefficient (Wildman–Crippen LogP) is 2.77. The lowest BCUT2D eigenvalue weighted by Crippen LogP contribution is -2.23. The Morgan fingerprint density at radius 1 is 1.32 bits per heavy atom. The van der Waals surface area contributed by atoms with Crippen LogP contribution >= 0.6 is 11.6 Å². The minimum Gasteiger partial charge on any atom is -0.309 e. The summed E-state index contributed by atoms with van der Waals surface area (Å²) in [5.74, 6) is 0.542. The van der Waals surface area contributed by atoms with Gasteiger partial charge >= 0.3 is 0 Å². The Morgan fingerprint density at radius 2 is 2.05 bits per heavy atom. The van der Waals surface area contributed by atoms with Gasteiger partial charge in [0.05, 0.1) is 5.69 Å². The SMILES string of the molecule is CCCn1nc2c(c1C)[C@H](c1c(C)nn(C)c1Cl)CC(=O)N2. The van der Waals surface area contributed by atoms with Crippen LogP contribution < -0.4 is 5.32 Å². The highest BCUT2D eigenvalue weighted by atomic mass is 35.5. The van der Waals surface area contributed by atoms with Gasteiger partial charge in [0, 0.05) is 42.8 Å². The van der Waals surface area contributed by atoms with Crippen LogP contribution in [0.5, 0.6) is 0 Å². The van der Waals surface area contributed by atoms with Crippen molar-refractivity contribution in [2.75, 3.05) is 5.32 Å². The third-order valence-electron chi connectivity index (χ3n) is 4.23. The van der Waals surface area contributed by atoms with E-state index < -0.39 is 0 Å². The van der Waals surface area contributed by atoms with Crippen LogP contribution in [0.1, 0.15) is 48.2 Å². The standard InChI is InChI=1S/C15H20ClN5O/c1-5-6-21-9(3)13-10(7-11(22)17-15(13)19-21)12-8(2)18-20(4)14(12)16/h10H,5-7H2,1-4H3,(H,17,19,22)/t10-/m0/s1. The van der Waals surface area contributed by atoms with Crippen molar-refractivity contribution in [3.8, 4) is 0 Å². The Hall–Kier alpha value is -1.82. The summed E-state index contributed by atoms with van der Waals surface area (Å²) in [4.78, 5) is 12.1. The molecule has 0 aromatic carbocycles. The van der Waals surface area contributed by atoms with E-state index >= 15 is 0 Å². The normalized spacial score (nSPS) is 17.5. The summed E-state index contributed by atoms with van der Waals surface area (Å²) >= 11 is 6.42. The van der Waals surface area contributed by atoms with E-state index in [0.29, 0.717) is 17.4 Å². The van der Waals surface area contributed by atoms with Crippen LogP contribution in [0.3, 0.4) is 0 Å². The van der Waals surface area contributed by atoms with Crippen LogP contribution in [-0.4, -0.2) is 25.5 Å². The third-order valence-corrected chi connectivity index (χ3v) is 4.68. The molecule has 0 saturated heterocycles. The Bertz CT molecular complexity index is 746. The van der Waals surface area contributed by atoms with Gasteiger partial charge in [0.1, 0.15) is 5.15 Å². The number of carbonyl (C=O) groups is 1. The first kappa shape index (κ1) is 15.1. The van der Waals surface area contributed by atoms with Crippen molar-refractivity contribution < 1.29 is 4.79 Å². The van der Waals surface area contributed by atoms with E-state index in [9.17, 15) is 4.79 Å². The van der Waals surface area contributed by atoms with Gasteiger partial charge in [-0.05, 0) is 20.3 Å². The molecule has 2 aromatic heterocycles. The summed E-state index contributed by atoms with van der Waals surface area (Å²) in [7, 11) is 1.82. The Balaban J connectivity index is 2.17. The number of carbonyl (C=O) groups excluding carboxylic acids is 1. The van der Waals surface area contributed by atoms with Gasteiger partial charge in [-0.2, -0.15) is 10.2 Å². The van der Waals surface area contributed by atoms with Gasteiger partial charge in [-0.1, -0.05) is 18.5 Å². The van der Waals surface area contributed by atoms with Gasteiger partial charge in [0.15, 0.2) is 5.82 Å². The molecule has 1 atom stereocenters. The molecule has 22 heavy (non-hydrogen) atoms. The smallest absolute Gasteiger partial charge is 0.226 e. The molecule has 3 rings (SSSR count). The molecule has 0 aliphatic carbocycles. The number of anilines is 1. The van der Waals surface area contributed by atoms with E-state index in [1.165, 1.54) is 0 Å². The minimum absolute atomic E-state index is 0.0297. The molecule has 0 saturated carbocycles. The molecule has 0 fully saturated rings. The maximum Gasteiger partial charge on any atom is 0.226 e. The summed E-state index contributed by atoms with van der Waals surface area (Å²) in [5, 5.41) is 12.4. The number of amides is 1. The van der Waals surface area contributed by atoms with Crippen molar-refractivity contribution in [2.24, 2.45) is 7.05 Å². The van der Waals surface area contributed by atoms with Gasteiger partial charge in [-0.3, -0.25) is 14.2 Å². The largest absolute Gasteiger partial charge is 0.309 e. The highest BCUT2D eigenvalue weighted by molar-refractivity contribution is 6.30. The second kappa shape index (κ2) is 5.43. The first-order valence-electron chi connectivity index (χ1n) is 7.50. The van der Waals surface area contributed by atoms with Crippen molar-refractivity contribution in [3.63, 3.8) is 0 Å². The predicted molar refractivity (Wildman–Crippen MR) is 85.3 cm³/mol. The zero-order valence-corrected chi connectivity index (χ0v) is 14.0. The molecular weight excluding hydrogens is 302 g/mol. The fourth-order valence-electron chi connectivity index (χ4n) is 3.26. The zero-order chi connectivity index (χ0) is 16.0. The molecule has 7 heteroatoms. The lowest BCUT2D eigenvalue weighted by molar-refractivity contribution is -0.116. The van der Waals surface area contributed by atoms with Crippen molar-refractivity contribution in [2.45, 2.75) is 46.1 Å². The molecule has 2 aromatic rings. The number of aromatic nitrogens is 4. The van der Waals surface area contributed by atoms with E-state index in [0.717, 1.165) is 35.5 Å². The number of halogens is 1. The molecule has 6 nitrogen and oxygen atoms in total. The molecule has 1 aliphatic heterocycles. The second-order valence-electron chi connectivity index (χ2n) is 5.79. The van der Waals surface area contributed by atoms with Crippen molar-refractivity contribution in [3.05, 3.63) is 27.7 Å². The fraction of sp³-hybridized carbons (Fsp3) is 0.533. The molecule has 118 valence electrons. The summed E-state index contributed by atoms with van der Waals surface area (Å²) in [6, 6.07) is 0. The Labute approximate surface area is 134 Å². The maximum absolute atomic E-state index is 12.1. The highest BCUT2D eigenvalue weighted by Gasteiger charge is 2.35. The fourth-order valence-corrected chi connectivity index (χ4v) is 3.56. The van der Waals surface area contributed by atoms with Crippen LogP contribution in [0.4, 0.5) is 5.82 Å². The third kappa shape index (κ3) is 2.22. The van der Waals surface area contributed by atoms with E-state index in [2.05, 4.69) is 22.4 Å². The quantitative estimate of drug-likeness (QED) is 0.945. The molecule has 1 amide bonds. The molecule has 0 unspecified atom stereocenters. The van der Waals surface area contributed by atoms with E-state index in [4.69, 9.17) is 11.6 Å². The lowest BCUT2D eigenvalue weighted by Gasteiger charge is -2.22. The van der Waals surface area contributed by atoms with Crippen LogP contribution in [0.2, 0.25) is 5.15 Å². The van der Waals surface area contributed by atoms with Crippen LogP contribution in [-0.2, 0) is 18.4 Å². The van der Waals surface area contributed by atoms with E-state index in [-0.39, 0.29) is 11.8 Å². The van der Waals surface area contributed by atoms with Crippen molar-refractivity contribution >= 4 is 23.3 Å². The van der Waals surface area contributed by atoms with Crippen LogP contribution in [0.25, 0.3) is 0 Å². The van der Waals surface area contributed by atoms with Gasteiger partial charge in [-0.15, -0.1) is 0 Å². The average molecular weight is 322 g/mol. The van der Waals surface area contributed by atoms with Gasteiger partial charge in [0.2, 0.25) is 5.91 Å². The summed E-state index contributed by atoms with van der Waals surface area (Å²) < 4.78 is 3.62. The first-order valence-corrected chi connectivity index (χ1v) is 7.88. The lowest BCUT2D eigenvalue weighted by atomic mass is 9.86. The number of hydrogen-bond donors (Lipinski definition) is 1. The van der Waals surface area contributed by atoms with Crippen LogP contribution in [0.15, 0.2) is 0 Å². The first-order chi connectivity index (χ1) is 10.4. The minimum atomic E-state index is -0.0874. The molecule has 0 bridgehead atoms. The molecular formula is C15H20ClN5O.